The zero-order valence-electron chi connectivity index (χ0n) is 12.5. The molecule has 0 spiro atoms. The highest BCUT2D eigenvalue weighted by Crippen LogP contribution is 2.29. The molecule has 0 bridgehead atoms. The highest BCUT2D eigenvalue weighted by Gasteiger charge is 2.21. The summed E-state index contributed by atoms with van der Waals surface area (Å²) < 4.78 is 5.11. The third-order valence-corrected chi connectivity index (χ3v) is 4.15. The van der Waals surface area contributed by atoms with Crippen LogP contribution in [0.15, 0.2) is 36.4 Å². The number of carbonyl (C=O) groups is 2. The Morgan fingerprint density at radius 1 is 1.17 bits per heavy atom. The number of carbonyl (C=O) groups excluding carboxylic acids is 2. The van der Waals surface area contributed by atoms with Crippen molar-refractivity contribution in [2.45, 2.75) is 13.0 Å². The van der Waals surface area contributed by atoms with Gasteiger partial charge in [-0.05, 0) is 37.3 Å². The Morgan fingerprint density at radius 3 is 2.54 bits per heavy atom. The van der Waals surface area contributed by atoms with Crippen LogP contribution < -0.4 is 11.1 Å². The summed E-state index contributed by atoms with van der Waals surface area (Å²) in [5.74, 6) is -1.29. The van der Waals surface area contributed by atoms with E-state index in [0.29, 0.717) is 15.7 Å². The topological polar surface area (TPSA) is 81.4 Å². The number of hydrogen-bond acceptors (Lipinski definition) is 4. The molecule has 5 nitrogen and oxygen atoms in total. The lowest BCUT2D eigenvalue weighted by atomic mass is 10.2. The summed E-state index contributed by atoms with van der Waals surface area (Å²) in [6.45, 7) is 1.43. The molecule has 0 saturated heterocycles. The SMILES string of the molecule is CC(OC(=O)c1ccc(Cl)cc1N)C(=O)Nc1cccc(Cl)c1Cl. The van der Waals surface area contributed by atoms with Gasteiger partial charge in [0.2, 0.25) is 0 Å². The van der Waals surface area contributed by atoms with Gasteiger partial charge in [-0.2, -0.15) is 0 Å². The molecule has 1 amide bonds. The Bertz CT molecular complexity index is 796. The van der Waals surface area contributed by atoms with Gasteiger partial charge in [-0.1, -0.05) is 40.9 Å². The van der Waals surface area contributed by atoms with Gasteiger partial charge in [0.25, 0.3) is 5.91 Å². The summed E-state index contributed by atoms with van der Waals surface area (Å²) in [6, 6.07) is 9.16. The van der Waals surface area contributed by atoms with Crippen LogP contribution in [0.5, 0.6) is 0 Å². The standard InChI is InChI=1S/C16H13Cl3N2O3/c1-8(15(22)21-13-4-2-3-11(18)14(13)19)24-16(23)10-6-5-9(17)7-12(10)20/h2-8H,20H2,1H3,(H,21,22). The summed E-state index contributed by atoms with van der Waals surface area (Å²) in [4.78, 5) is 24.2. The molecule has 2 aromatic rings. The molecule has 3 N–H and O–H groups in total. The molecule has 8 heteroatoms. The largest absolute Gasteiger partial charge is 0.449 e. The van der Waals surface area contributed by atoms with E-state index in [1.54, 1.807) is 18.2 Å². The first-order valence-electron chi connectivity index (χ1n) is 6.80. The van der Waals surface area contributed by atoms with Crippen LogP contribution >= 0.6 is 34.8 Å². The molecule has 0 saturated carbocycles. The van der Waals surface area contributed by atoms with E-state index < -0.39 is 18.0 Å². The Kier molecular flexibility index (Phi) is 5.94. The first kappa shape index (κ1) is 18.4. The molecule has 1 unspecified atom stereocenters. The van der Waals surface area contributed by atoms with E-state index in [4.69, 9.17) is 45.3 Å². The van der Waals surface area contributed by atoms with Crippen LogP contribution in [0.25, 0.3) is 0 Å². The van der Waals surface area contributed by atoms with Crippen LogP contribution in [0.2, 0.25) is 15.1 Å². The van der Waals surface area contributed by atoms with Crippen molar-refractivity contribution in [1.29, 1.82) is 0 Å². The summed E-state index contributed by atoms with van der Waals surface area (Å²) in [7, 11) is 0. The van der Waals surface area contributed by atoms with Crippen LogP contribution in [-0.2, 0) is 9.53 Å². The van der Waals surface area contributed by atoms with Gasteiger partial charge in [-0.25, -0.2) is 4.79 Å². The minimum Gasteiger partial charge on any atom is -0.449 e. The Morgan fingerprint density at radius 2 is 1.88 bits per heavy atom. The normalized spacial score (nSPS) is 11.7. The number of ether oxygens (including phenoxy) is 1. The lowest BCUT2D eigenvalue weighted by molar-refractivity contribution is -0.123. The average molecular weight is 388 g/mol. The molecule has 126 valence electrons. The van der Waals surface area contributed by atoms with E-state index in [-0.39, 0.29) is 16.3 Å². The number of nitrogens with one attached hydrogen (secondary N) is 1. The Hall–Kier alpha value is -1.95. The minimum atomic E-state index is -1.07. The van der Waals surface area contributed by atoms with Gasteiger partial charge in [0, 0.05) is 10.7 Å². The summed E-state index contributed by atoms with van der Waals surface area (Å²) >= 11 is 17.7. The lowest BCUT2D eigenvalue weighted by Crippen LogP contribution is -2.30. The number of hydrogen-bond donors (Lipinski definition) is 2. The Balaban J connectivity index is 2.06. The molecule has 2 rings (SSSR count). The van der Waals surface area contributed by atoms with E-state index in [0.717, 1.165) is 0 Å². The van der Waals surface area contributed by atoms with Crippen molar-refractivity contribution in [3.05, 3.63) is 57.0 Å². The third-order valence-electron chi connectivity index (χ3n) is 3.10. The van der Waals surface area contributed by atoms with E-state index in [2.05, 4.69) is 5.32 Å². The van der Waals surface area contributed by atoms with Gasteiger partial charge in [-0.15, -0.1) is 0 Å². The van der Waals surface area contributed by atoms with Crippen LogP contribution in [0.3, 0.4) is 0 Å². The van der Waals surface area contributed by atoms with Gasteiger partial charge >= 0.3 is 5.97 Å². The first-order valence-corrected chi connectivity index (χ1v) is 7.94. The highest BCUT2D eigenvalue weighted by atomic mass is 35.5. The summed E-state index contributed by atoms with van der Waals surface area (Å²) in [6.07, 6.45) is -1.07. The number of nitrogens with two attached hydrogens (primary N) is 1. The van der Waals surface area contributed by atoms with Crippen LogP contribution in [0, 0.1) is 0 Å². The molecule has 0 aliphatic heterocycles. The molecule has 0 heterocycles. The van der Waals surface area contributed by atoms with Crippen molar-refractivity contribution in [3.63, 3.8) is 0 Å². The van der Waals surface area contributed by atoms with Gasteiger partial charge in [0.15, 0.2) is 6.10 Å². The summed E-state index contributed by atoms with van der Waals surface area (Å²) in [5.41, 5.74) is 6.33. The maximum atomic E-state index is 12.1. The fourth-order valence-electron chi connectivity index (χ4n) is 1.83. The predicted molar refractivity (Wildman–Crippen MR) is 95.8 cm³/mol. The van der Waals surface area contributed by atoms with Crippen molar-refractivity contribution in [1.82, 2.24) is 0 Å². The van der Waals surface area contributed by atoms with Crippen molar-refractivity contribution >= 4 is 58.1 Å². The second kappa shape index (κ2) is 7.75. The number of rotatable bonds is 4. The monoisotopic (exact) mass is 386 g/mol. The second-order valence-corrected chi connectivity index (χ2v) is 6.09. The molecule has 0 fully saturated rings. The maximum Gasteiger partial charge on any atom is 0.341 e. The fourth-order valence-corrected chi connectivity index (χ4v) is 2.36. The molecule has 0 aliphatic carbocycles. The van der Waals surface area contributed by atoms with Gasteiger partial charge < -0.3 is 15.8 Å². The quantitative estimate of drug-likeness (QED) is 0.601. The first-order chi connectivity index (χ1) is 11.3. The molecule has 2 aromatic carbocycles. The number of anilines is 2. The van der Waals surface area contributed by atoms with Crippen LogP contribution in [0.4, 0.5) is 11.4 Å². The molecule has 0 radical (unpaired) electrons. The van der Waals surface area contributed by atoms with E-state index in [1.807, 2.05) is 0 Å². The van der Waals surface area contributed by atoms with Gasteiger partial charge in [0.05, 0.1) is 21.3 Å². The molecule has 0 aromatic heterocycles. The van der Waals surface area contributed by atoms with Gasteiger partial charge in [0.1, 0.15) is 0 Å². The third kappa shape index (κ3) is 4.32. The molecular formula is C16H13Cl3N2O3. The minimum absolute atomic E-state index is 0.125. The van der Waals surface area contributed by atoms with E-state index in [1.165, 1.54) is 25.1 Å². The predicted octanol–water partition coefficient (Wildman–Crippen LogP) is 4.41. The van der Waals surface area contributed by atoms with Crippen molar-refractivity contribution in [3.8, 4) is 0 Å². The van der Waals surface area contributed by atoms with Gasteiger partial charge in [-0.3, -0.25) is 4.79 Å². The molecule has 24 heavy (non-hydrogen) atoms. The number of amides is 1. The average Bonchev–Trinajstić information content (AvgIpc) is 2.51. The van der Waals surface area contributed by atoms with E-state index >= 15 is 0 Å². The number of esters is 1. The Labute approximate surface area is 153 Å². The molecular weight excluding hydrogens is 375 g/mol. The van der Waals surface area contributed by atoms with Crippen LogP contribution in [0.1, 0.15) is 17.3 Å². The van der Waals surface area contributed by atoms with Crippen molar-refractivity contribution in [2.24, 2.45) is 0 Å². The smallest absolute Gasteiger partial charge is 0.341 e. The summed E-state index contributed by atoms with van der Waals surface area (Å²) in [5, 5.41) is 3.44. The number of nitrogen functional groups attached to an aromatic ring is 1. The zero-order valence-corrected chi connectivity index (χ0v) is 14.7. The fraction of sp³-hybridized carbons (Fsp3) is 0.125. The molecule has 0 aliphatic rings. The second-order valence-electron chi connectivity index (χ2n) is 4.87. The van der Waals surface area contributed by atoms with E-state index in [9.17, 15) is 9.59 Å². The van der Waals surface area contributed by atoms with Crippen molar-refractivity contribution in [2.75, 3.05) is 11.1 Å². The van der Waals surface area contributed by atoms with Crippen LogP contribution in [-0.4, -0.2) is 18.0 Å². The highest BCUT2D eigenvalue weighted by molar-refractivity contribution is 6.44. The number of halogens is 3. The maximum absolute atomic E-state index is 12.1. The number of benzene rings is 2. The molecule has 1 atom stereocenters. The zero-order chi connectivity index (χ0) is 17.9. The van der Waals surface area contributed by atoms with Crippen molar-refractivity contribution < 1.29 is 14.3 Å². The lowest BCUT2D eigenvalue weighted by Gasteiger charge is -2.15.